The Morgan fingerprint density at radius 3 is 1.67 bits per heavy atom. The lowest BCUT2D eigenvalue weighted by molar-refractivity contribution is -0.144. The molecule has 19 nitrogen and oxygen atoms in total. The zero-order chi connectivity index (χ0) is 54.9. The van der Waals surface area contributed by atoms with Crippen molar-refractivity contribution >= 4 is 47.3 Å². The summed E-state index contributed by atoms with van der Waals surface area (Å²) in [7, 11) is 3.16. The molecule has 1 aliphatic carbocycles. The highest BCUT2D eigenvalue weighted by molar-refractivity contribution is 6.01. The monoisotopic (exact) mass is 1030 g/mol. The number of likely N-dealkylation sites (N-methyl/N-ethyl adjacent to an activating group) is 2. The molecule has 8 amide bonds. The van der Waals surface area contributed by atoms with Gasteiger partial charge >= 0.3 is 0 Å². The van der Waals surface area contributed by atoms with Gasteiger partial charge < -0.3 is 57.4 Å². The number of benzene rings is 3. The maximum atomic E-state index is 14.7. The molecule has 10 atom stereocenters. The molecule has 406 valence electrons. The van der Waals surface area contributed by atoms with Gasteiger partial charge in [-0.25, -0.2) is 0 Å². The number of carbonyl (C=O) groups excluding carboxylic acids is 8. The summed E-state index contributed by atoms with van der Waals surface area (Å²) < 4.78 is 0. The van der Waals surface area contributed by atoms with Crippen molar-refractivity contribution < 1.29 is 43.5 Å². The van der Waals surface area contributed by atoms with Crippen LogP contribution >= 0.6 is 0 Å². The van der Waals surface area contributed by atoms with E-state index in [0.717, 1.165) is 36.0 Å². The van der Waals surface area contributed by atoms with Crippen LogP contribution in [0.25, 0.3) is 0 Å². The van der Waals surface area contributed by atoms with Crippen LogP contribution in [-0.4, -0.2) is 144 Å². The molecule has 3 aromatic carbocycles. The van der Waals surface area contributed by atoms with Gasteiger partial charge in [0.1, 0.15) is 30.2 Å². The number of nitrogens with zero attached hydrogens (tertiary/aromatic N) is 2. The largest absolute Gasteiger partial charge is 0.394 e. The summed E-state index contributed by atoms with van der Waals surface area (Å²) in [6.07, 6.45) is 2.62. The highest BCUT2D eigenvalue weighted by Crippen LogP contribution is 2.32. The van der Waals surface area contributed by atoms with Crippen molar-refractivity contribution in [2.75, 3.05) is 33.8 Å². The minimum atomic E-state index is -1.11. The second-order valence-corrected chi connectivity index (χ2v) is 22.3. The van der Waals surface area contributed by atoms with E-state index in [1.165, 1.54) is 29.0 Å². The van der Waals surface area contributed by atoms with Crippen molar-refractivity contribution in [3.05, 3.63) is 107 Å². The number of nitrogens with one attached hydrogen (secondary N) is 8. The molecular weight excluding hydrogens is 957 g/mol. The first-order valence-corrected chi connectivity index (χ1v) is 26.1. The zero-order valence-electron chi connectivity index (χ0n) is 45.0. The van der Waals surface area contributed by atoms with Crippen molar-refractivity contribution in [3.8, 4) is 0 Å². The highest BCUT2D eigenvalue weighted by Gasteiger charge is 2.48. The van der Waals surface area contributed by atoms with E-state index in [-0.39, 0.29) is 54.9 Å². The van der Waals surface area contributed by atoms with E-state index in [2.05, 4.69) is 48.6 Å². The fourth-order valence-electron chi connectivity index (χ4n) is 10.1. The summed E-state index contributed by atoms with van der Waals surface area (Å²) in [4.78, 5) is 115. The average Bonchev–Trinajstić information content (AvgIpc) is 4.01. The van der Waals surface area contributed by atoms with Crippen LogP contribution in [0.5, 0.6) is 0 Å². The highest BCUT2D eigenvalue weighted by atomic mass is 16.3. The predicted octanol–water partition coefficient (Wildman–Crippen LogP) is 2.41. The van der Waals surface area contributed by atoms with Crippen LogP contribution in [0.1, 0.15) is 131 Å². The standard InChI is InChI=1S/C56H78N10O9/c1-32(34-18-12-11-13-19-34)59-51(72)43-27-38(29-65(43)54(75)46(56(6,7)8)64-50(71)42(31-67)58-10)60-48(69)36-22-16-23-37(26-36)49(70)61-39-28-44(52(73)62-41-25-17-21-35-20-14-15-24-40(35)41)66(30-39)53(74)45(55(3,4)5)63-47(68)33(2)57-9/h11-16,18-20,22-24,26,32-33,38-39,41-46,57-58,67H,17,21,25,27-31H2,1-10H3,(H,59,72)(H,60,69)(H,61,70)(H,62,73)(H,63,68)(H,64,71)/t32-,33+,38+,39+,41-,42+,43+,44+,45-,46-/m1/s1. The molecule has 0 spiro atoms. The Morgan fingerprint density at radius 2 is 1.15 bits per heavy atom. The Morgan fingerprint density at radius 1 is 0.627 bits per heavy atom. The number of fused-ring (bicyclic) bond motifs is 1. The van der Waals surface area contributed by atoms with Gasteiger partial charge in [0.2, 0.25) is 35.4 Å². The van der Waals surface area contributed by atoms with Crippen molar-refractivity contribution in [1.29, 1.82) is 0 Å². The second kappa shape index (κ2) is 24.8. The summed E-state index contributed by atoms with van der Waals surface area (Å²) in [5, 5.41) is 33.3. The molecule has 9 N–H and O–H groups in total. The van der Waals surface area contributed by atoms with Gasteiger partial charge in [-0.15, -0.1) is 0 Å². The normalized spacial score (nSPS) is 21.6. The number of aryl methyl sites for hydroxylation is 1. The van der Waals surface area contributed by atoms with Crippen LogP contribution in [-0.2, 0) is 35.2 Å². The lowest BCUT2D eigenvalue weighted by Gasteiger charge is -2.36. The molecule has 2 saturated heterocycles. The third-order valence-corrected chi connectivity index (χ3v) is 14.6. The molecule has 3 aliphatic rings. The van der Waals surface area contributed by atoms with Crippen LogP contribution in [0.15, 0.2) is 78.9 Å². The molecule has 6 rings (SSSR count). The van der Waals surface area contributed by atoms with Crippen molar-refractivity contribution in [1.82, 2.24) is 52.3 Å². The summed E-state index contributed by atoms with van der Waals surface area (Å²) in [6.45, 7) is 13.7. The molecule has 0 saturated carbocycles. The SMILES string of the molecule is CN[C@@H](C)C(=O)N[C@H](C(=O)N1C[C@@H](NC(=O)c2cccc(C(=O)N[C@H]3C[C@@H](C(=O)N[C@H](C)c4ccccc4)N(C(=O)[C@@H](NC(=O)[C@H](CO)NC)C(C)(C)C)C3)c2)C[C@H]1C(=O)N[C@@H]1CCCc2ccccc21)C(C)(C)C. The average molecular weight is 1040 g/mol. The third-order valence-electron chi connectivity index (χ3n) is 14.6. The molecule has 19 heteroatoms. The number of likely N-dealkylation sites (tertiary alicyclic amines) is 2. The maximum absolute atomic E-state index is 14.7. The molecule has 0 bridgehead atoms. The predicted molar refractivity (Wildman–Crippen MR) is 284 cm³/mol. The van der Waals surface area contributed by atoms with Gasteiger partial charge in [0.15, 0.2) is 0 Å². The smallest absolute Gasteiger partial charge is 0.251 e. The molecular formula is C56H78N10O9. The first-order chi connectivity index (χ1) is 35.4. The fraction of sp³-hybridized carbons (Fsp3) is 0.536. The van der Waals surface area contributed by atoms with Crippen LogP contribution in [0.3, 0.4) is 0 Å². The van der Waals surface area contributed by atoms with Crippen molar-refractivity contribution in [2.45, 2.75) is 148 Å². The van der Waals surface area contributed by atoms with Crippen molar-refractivity contribution in [3.63, 3.8) is 0 Å². The lowest BCUT2D eigenvalue weighted by atomic mass is 9.85. The van der Waals surface area contributed by atoms with E-state index < -0.39 is 107 Å². The Bertz CT molecular complexity index is 2560. The van der Waals surface area contributed by atoms with Crippen LogP contribution in [0.2, 0.25) is 0 Å². The quantitative estimate of drug-likeness (QED) is 0.0894. The molecule has 2 heterocycles. The lowest BCUT2D eigenvalue weighted by Crippen LogP contribution is -2.60. The molecule has 3 aromatic rings. The molecule has 0 radical (unpaired) electrons. The van der Waals surface area contributed by atoms with Gasteiger partial charge in [-0.2, -0.15) is 0 Å². The molecule has 0 aromatic heterocycles. The number of carbonyl (C=O) groups is 8. The van der Waals surface area contributed by atoms with E-state index in [1.54, 1.807) is 46.9 Å². The zero-order valence-corrected chi connectivity index (χ0v) is 45.0. The van der Waals surface area contributed by atoms with E-state index in [1.807, 2.05) is 76.2 Å². The summed E-state index contributed by atoms with van der Waals surface area (Å²) in [6, 6.07) is 15.5. The first kappa shape index (κ1) is 57.6. The minimum Gasteiger partial charge on any atom is -0.394 e. The fourth-order valence-corrected chi connectivity index (χ4v) is 10.1. The summed E-state index contributed by atoms with van der Waals surface area (Å²) in [5.74, 6) is -3.92. The summed E-state index contributed by atoms with van der Waals surface area (Å²) >= 11 is 0. The maximum Gasteiger partial charge on any atom is 0.251 e. The second-order valence-electron chi connectivity index (χ2n) is 22.3. The number of amides is 8. The third kappa shape index (κ3) is 14.2. The van der Waals surface area contributed by atoms with Gasteiger partial charge in [0.05, 0.1) is 24.7 Å². The Labute approximate surface area is 440 Å². The van der Waals surface area contributed by atoms with Crippen molar-refractivity contribution in [2.24, 2.45) is 10.8 Å². The van der Waals surface area contributed by atoms with Gasteiger partial charge in [-0.05, 0) is 106 Å². The van der Waals surface area contributed by atoms with Crippen LogP contribution in [0.4, 0.5) is 0 Å². The number of aliphatic hydroxyl groups is 1. The Balaban J connectivity index is 1.20. The molecule has 75 heavy (non-hydrogen) atoms. The number of hydrogen-bond donors (Lipinski definition) is 9. The van der Waals surface area contributed by atoms with E-state index >= 15 is 0 Å². The Hall–Kier alpha value is -6.70. The van der Waals surface area contributed by atoms with E-state index in [0.29, 0.717) is 0 Å². The van der Waals surface area contributed by atoms with E-state index in [9.17, 15) is 43.5 Å². The number of rotatable bonds is 18. The van der Waals surface area contributed by atoms with Gasteiger partial charge in [0, 0.05) is 36.3 Å². The molecule has 0 unspecified atom stereocenters. The molecule has 2 aliphatic heterocycles. The van der Waals surface area contributed by atoms with Gasteiger partial charge in [0.25, 0.3) is 11.8 Å². The number of aliphatic hydroxyl groups excluding tert-OH is 1. The molecule has 2 fully saturated rings. The van der Waals surface area contributed by atoms with Gasteiger partial charge in [-0.1, -0.05) is 102 Å². The first-order valence-electron chi connectivity index (χ1n) is 26.1. The number of hydrogen-bond acceptors (Lipinski definition) is 11. The van der Waals surface area contributed by atoms with Crippen LogP contribution in [0, 0.1) is 10.8 Å². The summed E-state index contributed by atoms with van der Waals surface area (Å²) in [5.41, 5.74) is 1.70. The van der Waals surface area contributed by atoms with Gasteiger partial charge in [-0.3, -0.25) is 38.4 Å². The Kier molecular flexibility index (Phi) is 19.0. The topological polar surface area (TPSA) is 260 Å². The van der Waals surface area contributed by atoms with Crippen LogP contribution < -0.4 is 42.5 Å². The minimum absolute atomic E-state index is 0.0266. The van der Waals surface area contributed by atoms with E-state index in [4.69, 9.17) is 0 Å².